The molecule has 2 N–H and O–H groups in total. The lowest BCUT2D eigenvalue weighted by molar-refractivity contribution is -0.809. The van der Waals surface area contributed by atoms with Crippen molar-refractivity contribution in [2.45, 2.75) is 0 Å². The van der Waals surface area contributed by atoms with Crippen molar-refractivity contribution in [1.29, 1.82) is 0 Å². The van der Waals surface area contributed by atoms with E-state index in [4.69, 9.17) is 0 Å². The molecule has 72 valence electrons. The molecule has 0 aromatic heterocycles. The predicted molar refractivity (Wildman–Crippen MR) is 53.1 cm³/mol. The molecule has 0 saturated carbocycles. The maximum Gasteiger partial charge on any atom is 0.215 e. The van der Waals surface area contributed by atoms with Gasteiger partial charge < -0.3 is 17.0 Å². The molecule has 0 aromatic rings. The summed E-state index contributed by atoms with van der Waals surface area (Å²) in [6.07, 6.45) is 7.77. The summed E-state index contributed by atoms with van der Waals surface area (Å²) in [5.41, 5.74) is 4.15. The Labute approximate surface area is 97.0 Å². The first-order chi connectivity index (χ1) is 5.79. The highest BCUT2D eigenvalue weighted by atomic mass is 79.9. The van der Waals surface area contributed by atoms with Crippen molar-refractivity contribution in [2.24, 2.45) is 4.99 Å². The molecular weight excluding hydrogens is 272 g/mol. The number of fused-ring (bicyclic) bond motifs is 1. The lowest BCUT2D eigenvalue weighted by Gasteiger charge is -2.12. The van der Waals surface area contributed by atoms with Crippen LogP contribution in [0.1, 0.15) is 0 Å². The van der Waals surface area contributed by atoms with Gasteiger partial charge in [0.25, 0.3) is 0 Å². The number of nitrogens with zero attached hydrogens (tertiary/aromatic N) is 2. The standard InChI is InChI=1S/C6H8N4S2.BrH/c1-12-6-2-5-3-10(11)8-9(5)4-7-6;/h2-4,8,11H,1H3;1H. The lowest BCUT2D eigenvalue weighted by atomic mass is 10.4. The van der Waals surface area contributed by atoms with Gasteiger partial charge in [-0.25, -0.2) is 4.41 Å². The molecule has 1 atom stereocenters. The number of hydrazine groups is 1. The van der Waals surface area contributed by atoms with E-state index in [0.29, 0.717) is 0 Å². The number of aliphatic imine (C=N–C) groups is 1. The van der Waals surface area contributed by atoms with Gasteiger partial charge in [0.15, 0.2) is 5.70 Å². The Morgan fingerprint density at radius 1 is 1.69 bits per heavy atom. The van der Waals surface area contributed by atoms with Gasteiger partial charge in [0.05, 0.1) is 6.20 Å². The van der Waals surface area contributed by atoms with Crippen molar-refractivity contribution in [1.82, 2.24) is 9.95 Å². The molecule has 1 unspecified atom stereocenters. The maximum absolute atomic E-state index is 4.22. The first-order valence-electron chi connectivity index (χ1n) is 3.43. The highest BCUT2D eigenvalue weighted by Crippen LogP contribution is 2.16. The zero-order valence-electron chi connectivity index (χ0n) is 6.86. The smallest absolute Gasteiger partial charge is 0.215 e. The van der Waals surface area contributed by atoms with Gasteiger partial charge >= 0.3 is 0 Å². The Kier molecular flexibility index (Phi) is 3.87. The minimum absolute atomic E-state index is 0. The minimum atomic E-state index is 0. The number of thioether (sulfide) groups is 1. The van der Waals surface area contributed by atoms with Crippen LogP contribution in [-0.2, 0) is 0 Å². The van der Waals surface area contributed by atoms with Crippen LogP contribution in [0.2, 0.25) is 0 Å². The van der Waals surface area contributed by atoms with Crippen LogP contribution < -0.4 is 27.5 Å². The van der Waals surface area contributed by atoms with Crippen molar-refractivity contribution >= 4 is 30.9 Å². The van der Waals surface area contributed by atoms with Crippen molar-refractivity contribution < 1.29 is 22.0 Å². The van der Waals surface area contributed by atoms with Crippen LogP contribution in [0.15, 0.2) is 28.0 Å². The molecule has 0 aromatic carbocycles. The van der Waals surface area contributed by atoms with Gasteiger partial charge in [-0.1, -0.05) is 5.53 Å². The highest BCUT2D eigenvalue weighted by Gasteiger charge is 2.24. The Bertz CT molecular complexity index is 288. The van der Waals surface area contributed by atoms with Crippen molar-refractivity contribution in [3.63, 3.8) is 0 Å². The molecule has 2 aliphatic heterocycles. The summed E-state index contributed by atoms with van der Waals surface area (Å²) in [5, 5.41) is 2.03. The van der Waals surface area contributed by atoms with Crippen LogP contribution in [0, 0.1) is 0 Å². The van der Waals surface area contributed by atoms with Gasteiger partial charge in [0.2, 0.25) is 6.34 Å². The molecule has 0 fully saturated rings. The molecule has 4 nitrogen and oxygen atoms in total. The number of nitrogens with one attached hydrogen (secondary N) is 2. The Hall–Kier alpha value is 0.0500. The van der Waals surface area contributed by atoms with E-state index in [1.807, 2.05) is 24.9 Å². The fraction of sp³-hybridized carbons (Fsp3) is 0.167. The van der Waals surface area contributed by atoms with Gasteiger partial charge in [-0.2, -0.15) is 10.0 Å². The van der Waals surface area contributed by atoms with E-state index in [2.05, 4.69) is 23.3 Å². The second kappa shape index (κ2) is 4.52. The number of rotatable bonds is 1. The molecule has 0 radical (unpaired) electrons. The largest absolute Gasteiger partial charge is 1.00 e. The van der Waals surface area contributed by atoms with Crippen LogP contribution >= 0.6 is 24.6 Å². The molecule has 0 aliphatic carbocycles. The number of hydrogen-bond donors (Lipinski definition) is 3. The normalized spacial score (nSPS) is 24.8. The second-order valence-electron chi connectivity index (χ2n) is 2.40. The summed E-state index contributed by atoms with van der Waals surface area (Å²) in [7, 11) is 0. The number of halogens is 1. The maximum atomic E-state index is 4.22. The molecule has 7 heteroatoms. The molecule has 0 bridgehead atoms. The molecule has 13 heavy (non-hydrogen) atoms. The zero-order chi connectivity index (χ0) is 8.55. The second-order valence-corrected chi connectivity index (χ2v) is 3.66. The number of hydrogen-bond acceptors (Lipinski definition) is 5. The third-order valence-corrected chi connectivity index (χ3v) is 2.47. The first-order valence-corrected chi connectivity index (χ1v) is 5.06. The molecule has 0 spiro atoms. The molecule has 2 heterocycles. The molecule has 2 aliphatic rings. The highest BCUT2D eigenvalue weighted by molar-refractivity contribution is 8.02. The van der Waals surface area contributed by atoms with E-state index < -0.39 is 0 Å². The van der Waals surface area contributed by atoms with Crippen LogP contribution in [-0.4, -0.2) is 17.0 Å². The Morgan fingerprint density at radius 2 is 2.46 bits per heavy atom. The minimum Gasteiger partial charge on any atom is -1.00 e. The third-order valence-electron chi connectivity index (χ3n) is 1.62. The van der Waals surface area contributed by atoms with E-state index in [1.165, 1.54) is 0 Å². The van der Waals surface area contributed by atoms with Crippen molar-refractivity contribution in [2.75, 3.05) is 6.26 Å². The molecule has 0 saturated heterocycles. The molecular formula is C6H9BrN4S2. The summed E-state index contributed by atoms with van der Waals surface area (Å²) in [5.74, 6) is 0. The van der Waals surface area contributed by atoms with E-state index >= 15 is 0 Å². The van der Waals surface area contributed by atoms with E-state index in [9.17, 15) is 0 Å². The molecule has 0 amide bonds. The van der Waals surface area contributed by atoms with Gasteiger partial charge in [0, 0.05) is 6.08 Å². The number of allylic oxidation sites excluding steroid dienone is 1. The van der Waals surface area contributed by atoms with Crippen LogP contribution in [0.25, 0.3) is 0 Å². The number of quaternary nitrogens is 1. The first kappa shape index (κ1) is 11.1. The van der Waals surface area contributed by atoms with E-state index in [1.54, 1.807) is 16.2 Å². The van der Waals surface area contributed by atoms with Crippen LogP contribution in [0.5, 0.6) is 0 Å². The van der Waals surface area contributed by atoms with Gasteiger partial charge in [-0.3, -0.25) is 0 Å². The summed E-state index contributed by atoms with van der Waals surface area (Å²) >= 11 is 5.77. The lowest BCUT2D eigenvalue weighted by Crippen LogP contribution is -3.15. The number of thiol groups is 1. The SMILES string of the molecule is CSC1=CC2=CN(S)N[NH+]2C=N1.[Br-]. The van der Waals surface area contributed by atoms with Gasteiger partial charge in [-0.15, -0.1) is 11.8 Å². The third kappa shape index (κ3) is 2.29. The average molecular weight is 281 g/mol. The van der Waals surface area contributed by atoms with Crippen molar-refractivity contribution in [3.8, 4) is 0 Å². The summed E-state index contributed by atoms with van der Waals surface area (Å²) in [6, 6.07) is 0. The zero-order valence-corrected chi connectivity index (χ0v) is 10.2. The monoisotopic (exact) mass is 280 g/mol. The summed E-state index contributed by atoms with van der Waals surface area (Å²) in [4.78, 5) is 4.22. The van der Waals surface area contributed by atoms with Crippen LogP contribution in [0.4, 0.5) is 0 Å². The molecule has 2 rings (SSSR count). The van der Waals surface area contributed by atoms with E-state index in [-0.39, 0.29) is 17.0 Å². The van der Waals surface area contributed by atoms with Gasteiger partial charge in [0.1, 0.15) is 5.03 Å². The average Bonchev–Trinajstić information content (AvgIpc) is 2.43. The van der Waals surface area contributed by atoms with Gasteiger partial charge in [-0.05, 0) is 19.1 Å². The Balaban J connectivity index is 0.000000845. The Morgan fingerprint density at radius 3 is 3.15 bits per heavy atom. The van der Waals surface area contributed by atoms with Crippen LogP contribution in [0.3, 0.4) is 0 Å². The van der Waals surface area contributed by atoms with E-state index in [0.717, 1.165) is 15.7 Å². The predicted octanol–water partition coefficient (Wildman–Crippen LogP) is -3.46. The fourth-order valence-electron chi connectivity index (χ4n) is 1.05. The summed E-state index contributed by atoms with van der Waals surface area (Å²) in [6.45, 7) is 0. The summed E-state index contributed by atoms with van der Waals surface area (Å²) < 4.78 is 1.62. The topological polar surface area (TPSA) is 32.1 Å². The fourth-order valence-corrected chi connectivity index (χ4v) is 1.69. The van der Waals surface area contributed by atoms with Crippen molar-refractivity contribution in [3.05, 3.63) is 23.0 Å². The quantitative estimate of drug-likeness (QED) is 0.437.